The van der Waals surface area contributed by atoms with E-state index >= 15 is 0 Å². The van der Waals surface area contributed by atoms with Gasteiger partial charge in [-0.3, -0.25) is 0 Å². The second kappa shape index (κ2) is 3.72. The van der Waals surface area contributed by atoms with Crippen LogP contribution in [0.15, 0.2) is 18.2 Å². The highest BCUT2D eigenvalue weighted by atomic mass is 19.1. The summed E-state index contributed by atoms with van der Waals surface area (Å²) in [6.45, 7) is 0. The van der Waals surface area contributed by atoms with Crippen LogP contribution in [-0.2, 0) is 4.79 Å². The summed E-state index contributed by atoms with van der Waals surface area (Å²) in [4.78, 5) is 11.2. The second-order valence-electron chi connectivity index (χ2n) is 4.89. The molecule has 0 amide bonds. The molecule has 1 heterocycles. The third-order valence-corrected chi connectivity index (χ3v) is 3.99. The SMILES string of the molecule is O=C(O)C1Nc2ccc(F)cc2C2CCCC12. The van der Waals surface area contributed by atoms with Crippen molar-refractivity contribution < 1.29 is 14.3 Å². The van der Waals surface area contributed by atoms with Gasteiger partial charge in [0.1, 0.15) is 11.9 Å². The van der Waals surface area contributed by atoms with E-state index in [0.717, 1.165) is 30.5 Å². The highest BCUT2D eigenvalue weighted by Crippen LogP contribution is 2.48. The normalized spacial score (nSPS) is 30.3. The summed E-state index contributed by atoms with van der Waals surface area (Å²) in [5.41, 5.74) is 1.73. The van der Waals surface area contributed by atoms with Crippen LogP contribution in [0, 0.1) is 11.7 Å². The number of fused-ring (bicyclic) bond motifs is 3. The molecule has 1 aliphatic carbocycles. The first kappa shape index (κ1) is 10.6. The molecule has 1 fully saturated rings. The van der Waals surface area contributed by atoms with E-state index in [1.54, 1.807) is 12.1 Å². The fourth-order valence-electron chi connectivity index (χ4n) is 3.27. The predicted molar refractivity (Wildman–Crippen MR) is 61.5 cm³/mol. The van der Waals surface area contributed by atoms with Crippen molar-refractivity contribution in [2.24, 2.45) is 5.92 Å². The molecular weight excluding hydrogens is 221 g/mol. The summed E-state index contributed by atoms with van der Waals surface area (Å²) >= 11 is 0. The van der Waals surface area contributed by atoms with Gasteiger partial charge >= 0.3 is 5.97 Å². The van der Waals surface area contributed by atoms with Crippen molar-refractivity contribution in [3.05, 3.63) is 29.6 Å². The number of hydrogen-bond donors (Lipinski definition) is 2. The number of carboxylic acids is 1. The first-order chi connectivity index (χ1) is 8.16. The van der Waals surface area contributed by atoms with Crippen LogP contribution in [0.4, 0.5) is 10.1 Å². The average Bonchev–Trinajstić information content (AvgIpc) is 2.76. The molecule has 1 aromatic carbocycles. The summed E-state index contributed by atoms with van der Waals surface area (Å²) < 4.78 is 13.3. The van der Waals surface area contributed by atoms with E-state index in [2.05, 4.69) is 5.32 Å². The Morgan fingerprint density at radius 1 is 1.41 bits per heavy atom. The molecular formula is C13H14FNO2. The van der Waals surface area contributed by atoms with E-state index < -0.39 is 12.0 Å². The Hall–Kier alpha value is -1.58. The van der Waals surface area contributed by atoms with Crippen molar-refractivity contribution in [2.75, 3.05) is 5.32 Å². The first-order valence-corrected chi connectivity index (χ1v) is 5.95. The molecule has 0 saturated heterocycles. The van der Waals surface area contributed by atoms with Gasteiger partial charge in [0.2, 0.25) is 0 Å². The molecule has 0 bridgehead atoms. The number of aliphatic carboxylic acids is 1. The summed E-state index contributed by atoms with van der Waals surface area (Å²) in [5.74, 6) is -0.758. The van der Waals surface area contributed by atoms with Crippen LogP contribution >= 0.6 is 0 Å². The van der Waals surface area contributed by atoms with Crippen LogP contribution in [-0.4, -0.2) is 17.1 Å². The maximum absolute atomic E-state index is 13.3. The molecule has 3 rings (SSSR count). The van der Waals surface area contributed by atoms with Gasteiger partial charge in [0, 0.05) is 5.69 Å². The Labute approximate surface area is 98.6 Å². The summed E-state index contributed by atoms with van der Waals surface area (Å²) in [5, 5.41) is 12.3. The van der Waals surface area contributed by atoms with Gasteiger partial charge in [-0.15, -0.1) is 0 Å². The number of rotatable bonds is 1. The molecule has 17 heavy (non-hydrogen) atoms. The average molecular weight is 235 g/mol. The molecule has 0 aromatic heterocycles. The first-order valence-electron chi connectivity index (χ1n) is 5.95. The topological polar surface area (TPSA) is 49.3 Å². The van der Waals surface area contributed by atoms with E-state index in [0.29, 0.717) is 0 Å². The Morgan fingerprint density at radius 3 is 3.00 bits per heavy atom. The van der Waals surface area contributed by atoms with Crippen molar-refractivity contribution in [2.45, 2.75) is 31.2 Å². The minimum atomic E-state index is -0.808. The number of halogens is 1. The van der Waals surface area contributed by atoms with Gasteiger partial charge < -0.3 is 10.4 Å². The molecule has 1 aliphatic heterocycles. The fourth-order valence-corrected chi connectivity index (χ4v) is 3.27. The minimum Gasteiger partial charge on any atom is -0.480 e. The molecule has 90 valence electrons. The van der Waals surface area contributed by atoms with Gasteiger partial charge in [-0.2, -0.15) is 0 Å². The molecule has 2 aliphatic rings. The van der Waals surface area contributed by atoms with Crippen LogP contribution in [0.1, 0.15) is 30.7 Å². The van der Waals surface area contributed by atoms with E-state index in [1.165, 1.54) is 6.07 Å². The largest absolute Gasteiger partial charge is 0.480 e. The molecule has 1 saturated carbocycles. The van der Waals surface area contributed by atoms with Gasteiger partial charge in [-0.05, 0) is 48.4 Å². The zero-order valence-corrected chi connectivity index (χ0v) is 9.32. The summed E-state index contributed by atoms with van der Waals surface area (Å²) in [7, 11) is 0. The lowest BCUT2D eigenvalue weighted by Crippen LogP contribution is -2.41. The lowest BCUT2D eigenvalue weighted by molar-refractivity contribution is -0.139. The zero-order valence-electron chi connectivity index (χ0n) is 9.32. The summed E-state index contributed by atoms with van der Waals surface area (Å²) in [6.07, 6.45) is 2.90. The molecule has 0 spiro atoms. The highest BCUT2D eigenvalue weighted by Gasteiger charge is 2.42. The number of hydrogen-bond acceptors (Lipinski definition) is 2. The summed E-state index contributed by atoms with van der Waals surface area (Å²) in [6, 6.07) is 4.04. The van der Waals surface area contributed by atoms with Gasteiger partial charge in [0.05, 0.1) is 0 Å². The zero-order chi connectivity index (χ0) is 12.0. The number of nitrogens with one attached hydrogen (secondary N) is 1. The van der Waals surface area contributed by atoms with Crippen LogP contribution < -0.4 is 5.32 Å². The standard InChI is InChI=1S/C13H14FNO2/c14-7-4-5-11-10(6-7)8-2-1-3-9(8)12(15-11)13(16)17/h4-6,8-9,12,15H,1-3H2,(H,16,17). The van der Waals surface area contributed by atoms with Crippen LogP contribution in [0.2, 0.25) is 0 Å². The number of carboxylic acid groups (broad SMARTS) is 1. The van der Waals surface area contributed by atoms with Gasteiger partial charge in [0.25, 0.3) is 0 Å². The van der Waals surface area contributed by atoms with E-state index in [9.17, 15) is 14.3 Å². The van der Waals surface area contributed by atoms with Crippen molar-refractivity contribution in [3.63, 3.8) is 0 Å². The Bertz CT molecular complexity index is 474. The number of carbonyl (C=O) groups is 1. The maximum atomic E-state index is 13.3. The van der Waals surface area contributed by atoms with Crippen LogP contribution in [0.5, 0.6) is 0 Å². The van der Waals surface area contributed by atoms with Crippen LogP contribution in [0.25, 0.3) is 0 Å². The smallest absolute Gasteiger partial charge is 0.326 e. The van der Waals surface area contributed by atoms with Gasteiger partial charge in [-0.25, -0.2) is 9.18 Å². The third-order valence-electron chi connectivity index (χ3n) is 3.99. The molecule has 4 heteroatoms. The lowest BCUT2D eigenvalue weighted by atomic mass is 9.79. The lowest BCUT2D eigenvalue weighted by Gasteiger charge is -2.34. The van der Waals surface area contributed by atoms with E-state index in [4.69, 9.17) is 0 Å². The van der Waals surface area contributed by atoms with Gasteiger partial charge in [0.15, 0.2) is 0 Å². The molecule has 2 N–H and O–H groups in total. The fraction of sp³-hybridized carbons (Fsp3) is 0.462. The Kier molecular flexibility index (Phi) is 2.31. The highest BCUT2D eigenvalue weighted by molar-refractivity contribution is 5.80. The number of anilines is 1. The Morgan fingerprint density at radius 2 is 2.24 bits per heavy atom. The van der Waals surface area contributed by atoms with E-state index in [1.807, 2.05) is 0 Å². The quantitative estimate of drug-likeness (QED) is 0.786. The second-order valence-corrected chi connectivity index (χ2v) is 4.89. The molecule has 1 aromatic rings. The minimum absolute atomic E-state index is 0.0989. The molecule has 3 nitrogen and oxygen atoms in total. The van der Waals surface area contributed by atoms with E-state index in [-0.39, 0.29) is 17.7 Å². The molecule has 0 radical (unpaired) electrons. The molecule has 3 unspecified atom stereocenters. The third kappa shape index (κ3) is 1.59. The maximum Gasteiger partial charge on any atom is 0.326 e. The predicted octanol–water partition coefficient (Wildman–Crippen LogP) is 2.59. The van der Waals surface area contributed by atoms with Crippen molar-refractivity contribution in [3.8, 4) is 0 Å². The van der Waals surface area contributed by atoms with Gasteiger partial charge in [-0.1, -0.05) is 6.42 Å². The van der Waals surface area contributed by atoms with Crippen LogP contribution in [0.3, 0.4) is 0 Å². The number of benzene rings is 1. The monoisotopic (exact) mass is 235 g/mol. The Balaban J connectivity index is 2.06. The van der Waals surface area contributed by atoms with Crippen molar-refractivity contribution in [1.29, 1.82) is 0 Å². The van der Waals surface area contributed by atoms with Crippen molar-refractivity contribution in [1.82, 2.24) is 0 Å². The molecule has 3 atom stereocenters. The van der Waals surface area contributed by atoms with Crippen molar-refractivity contribution >= 4 is 11.7 Å².